The van der Waals surface area contributed by atoms with E-state index in [1.54, 1.807) is 23.3 Å². The predicted molar refractivity (Wildman–Crippen MR) is 95.9 cm³/mol. The summed E-state index contributed by atoms with van der Waals surface area (Å²) in [5.41, 5.74) is 7.75. The molecule has 1 aliphatic rings. The fourth-order valence-electron chi connectivity index (χ4n) is 2.20. The molecule has 0 amide bonds. The first-order chi connectivity index (χ1) is 11.8. The van der Waals surface area contributed by atoms with Gasteiger partial charge in [0.25, 0.3) is 10.1 Å². The lowest BCUT2D eigenvalue weighted by atomic mass is 10.1. The highest BCUT2D eigenvalue weighted by Crippen LogP contribution is 2.36. The van der Waals surface area contributed by atoms with Crippen molar-refractivity contribution >= 4 is 39.7 Å². The third kappa shape index (κ3) is 5.48. The molecule has 4 N–H and O–H groups in total. The van der Waals surface area contributed by atoms with Gasteiger partial charge >= 0.3 is 0 Å². The lowest BCUT2D eigenvalue weighted by Crippen LogP contribution is -2.34. The van der Waals surface area contributed by atoms with Crippen LogP contribution in [0.4, 0.5) is 0 Å². The number of nitrogens with two attached hydrogens (primary N) is 1. The van der Waals surface area contributed by atoms with Gasteiger partial charge in [-0.15, -0.1) is 16.0 Å². The molecule has 0 bridgehead atoms. The van der Waals surface area contributed by atoms with E-state index in [9.17, 15) is 13.2 Å². The van der Waals surface area contributed by atoms with Crippen LogP contribution in [0.3, 0.4) is 0 Å². The Labute approximate surface area is 150 Å². The molecule has 25 heavy (non-hydrogen) atoms. The van der Waals surface area contributed by atoms with Crippen LogP contribution in [0.5, 0.6) is 5.75 Å². The van der Waals surface area contributed by atoms with Crippen molar-refractivity contribution in [3.8, 4) is 5.75 Å². The second-order valence-electron chi connectivity index (χ2n) is 5.10. The SMILES string of the molecule is CCSc1cccc2c1OCCC(C(=O)CS(=O)(=O)ONC(=N)N)=C2. The highest BCUT2D eigenvalue weighted by Gasteiger charge is 2.23. The summed E-state index contributed by atoms with van der Waals surface area (Å²) < 4.78 is 33.5. The maximum atomic E-state index is 12.3. The van der Waals surface area contributed by atoms with Crippen LogP contribution in [-0.2, 0) is 19.2 Å². The van der Waals surface area contributed by atoms with Crippen molar-refractivity contribution in [2.24, 2.45) is 5.73 Å². The van der Waals surface area contributed by atoms with Crippen LogP contribution in [0.15, 0.2) is 28.7 Å². The van der Waals surface area contributed by atoms with E-state index in [0.717, 1.165) is 16.2 Å². The van der Waals surface area contributed by atoms with E-state index in [0.29, 0.717) is 17.7 Å². The summed E-state index contributed by atoms with van der Waals surface area (Å²) in [7, 11) is -4.20. The Kier molecular flexibility index (Phi) is 6.45. The Morgan fingerprint density at radius 3 is 2.92 bits per heavy atom. The van der Waals surface area contributed by atoms with E-state index in [-0.39, 0.29) is 6.61 Å². The minimum atomic E-state index is -4.20. The van der Waals surface area contributed by atoms with Crippen LogP contribution >= 0.6 is 11.8 Å². The number of para-hydroxylation sites is 1. The molecule has 1 aromatic rings. The zero-order valence-corrected chi connectivity index (χ0v) is 15.2. The zero-order valence-electron chi connectivity index (χ0n) is 13.6. The van der Waals surface area contributed by atoms with Gasteiger partial charge in [0.05, 0.1) is 6.61 Å². The second kappa shape index (κ2) is 8.37. The lowest BCUT2D eigenvalue weighted by Gasteiger charge is -2.10. The Morgan fingerprint density at radius 1 is 1.48 bits per heavy atom. The fourth-order valence-corrected chi connectivity index (χ4v) is 3.78. The fraction of sp³-hybridized carbons (Fsp3) is 0.333. The van der Waals surface area contributed by atoms with E-state index in [2.05, 4.69) is 4.28 Å². The zero-order chi connectivity index (χ0) is 18.4. The number of fused-ring (bicyclic) bond motifs is 1. The number of hydrogen-bond acceptors (Lipinski definition) is 7. The molecule has 10 heteroatoms. The number of carbonyl (C=O) groups excluding carboxylic acids is 1. The van der Waals surface area contributed by atoms with Gasteiger partial charge in [-0.2, -0.15) is 8.42 Å². The highest BCUT2D eigenvalue weighted by atomic mass is 32.2. The van der Waals surface area contributed by atoms with Gasteiger partial charge < -0.3 is 10.5 Å². The molecular formula is C15H19N3O5S2. The molecular weight excluding hydrogens is 366 g/mol. The minimum Gasteiger partial charge on any atom is -0.491 e. The first kappa shape index (κ1) is 19.3. The topological polar surface area (TPSA) is 132 Å². The maximum absolute atomic E-state index is 12.3. The smallest absolute Gasteiger partial charge is 0.295 e. The van der Waals surface area contributed by atoms with Crippen molar-refractivity contribution in [1.29, 1.82) is 5.41 Å². The Morgan fingerprint density at radius 2 is 2.24 bits per heavy atom. The average molecular weight is 385 g/mol. The third-order valence-electron chi connectivity index (χ3n) is 3.20. The molecule has 0 saturated carbocycles. The van der Waals surface area contributed by atoms with Crippen LogP contribution in [0.25, 0.3) is 6.08 Å². The van der Waals surface area contributed by atoms with Crippen LogP contribution < -0.4 is 16.0 Å². The molecule has 0 atom stereocenters. The van der Waals surface area contributed by atoms with Gasteiger partial charge in [-0.1, -0.05) is 19.1 Å². The summed E-state index contributed by atoms with van der Waals surface area (Å²) in [5.74, 6) is -0.524. The molecule has 1 aromatic carbocycles. The number of carbonyl (C=O) groups is 1. The van der Waals surface area contributed by atoms with Gasteiger partial charge in [0.15, 0.2) is 5.78 Å². The first-order valence-corrected chi connectivity index (χ1v) is 10.0. The molecule has 136 valence electrons. The summed E-state index contributed by atoms with van der Waals surface area (Å²) >= 11 is 1.63. The number of nitrogens with one attached hydrogen (secondary N) is 2. The maximum Gasteiger partial charge on any atom is 0.295 e. The van der Waals surface area contributed by atoms with Crippen molar-refractivity contribution in [2.75, 3.05) is 18.1 Å². The van der Waals surface area contributed by atoms with E-state index >= 15 is 0 Å². The molecule has 0 saturated heterocycles. The van der Waals surface area contributed by atoms with Gasteiger partial charge in [-0.25, -0.2) is 5.48 Å². The molecule has 0 unspecified atom stereocenters. The van der Waals surface area contributed by atoms with Crippen LogP contribution in [0.2, 0.25) is 0 Å². The Balaban J connectivity index is 2.20. The molecule has 0 aliphatic carbocycles. The molecule has 0 radical (unpaired) electrons. The molecule has 0 spiro atoms. The molecule has 0 aromatic heterocycles. The van der Waals surface area contributed by atoms with Crippen LogP contribution in [0.1, 0.15) is 18.9 Å². The van der Waals surface area contributed by atoms with E-state index in [4.69, 9.17) is 15.9 Å². The standard InChI is InChI=1S/C15H19N3O5S2/c1-2-24-13-5-3-4-11-8-10(6-7-22-14(11)13)12(19)9-25(20,21)23-18-15(16)17/h3-5,8H,2,6-7,9H2,1H3,(H4,16,17,18). The summed E-state index contributed by atoms with van der Waals surface area (Å²) in [6.45, 7) is 2.31. The molecule has 0 fully saturated rings. The Bertz CT molecular complexity index is 805. The number of rotatable bonds is 7. The van der Waals surface area contributed by atoms with Crippen LogP contribution in [-0.4, -0.2) is 38.3 Å². The third-order valence-corrected chi connectivity index (χ3v) is 5.08. The monoisotopic (exact) mass is 385 g/mol. The minimum absolute atomic E-state index is 0.276. The molecule has 1 heterocycles. The van der Waals surface area contributed by atoms with Crippen LogP contribution in [0, 0.1) is 5.41 Å². The quantitative estimate of drug-likeness (QED) is 0.277. The Hall–Kier alpha value is -2.04. The average Bonchev–Trinajstić information content (AvgIpc) is 2.76. The van der Waals surface area contributed by atoms with Crippen molar-refractivity contribution < 1.29 is 22.2 Å². The van der Waals surface area contributed by atoms with Crippen molar-refractivity contribution in [1.82, 2.24) is 5.48 Å². The van der Waals surface area contributed by atoms with Crippen molar-refractivity contribution in [3.05, 3.63) is 29.3 Å². The number of thioether (sulfide) groups is 1. The summed E-state index contributed by atoms with van der Waals surface area (Å²) in [5, 5.41) is 6.88. The number of benzene rings is 1. The van der Waals surface area contributed by atoms with Gasteiger partial charge in [-0.3, -0.25) is 10.2 Å². The van der Waals surface area contributed by atoms with Crippen molar-refractivity contribution in [3.63, 3.8) is 0 Å². The van der Waals surface area contributed by atoms with Gasteiger partial charge in [0.2, 0.25) is 5.96 Å². The summed E-state index contributed by atoms with van der Waals surface area (Å²) in [4.78, 5) is 13.3. The molecule has 1 aliphatic heterocycles. The summed E-state index contributed by atoms with van der Waals surface area (Å²) in [6, 6.07) is 5.62. The molecule has 2 rings (SSSR count). The van der Waals surface area contributed by atoms with E-state index in [1.807, 2.05) is 25.1 Å². The van der Waals surface area contributed by atoms with Crippen molar-refractivity contribution in [2.45, 2.75) is 18.2 Å². The van der Waals surface area contributed by atoms with Gasteiger partial charge in [0.1, 0.15) is 11.5 Å². The highest BCUT2D eigenvalue weighted by molar-refractivity contribution is 7.99. The van der Waals surface area contributed by atoms with E-state index < -0.39 is 27.6 Å². The first-order valence-electron chi connectivity index (χ1n) is 7.46. The number of ketones is 1. The number of hydroxylamine groups is 1. The largest absolute Gasteiger partial charge is 0.491 e. The molecule has 8 nitrogen and oxygen atoms in total. The predicted octanol–water partition coefficient (Wildman–Crippen LogP) is 1.28. The lowest BCUT2D eigenvalue weighted by molar-refractivity contribution is -0.113. The number of ether oxygens (including phenoxy) is 1. The van der Waals surface area contributed by atoms with Gasteiger partial charge in [0, 0.05) is 22.5 Å². The second-order valence-corrected chi connectivity index (χ2v) is 7.98. The summed E-state index contributed by atoms with van der Waals surface area (Å²) in [6.07, 6.45) is 1.94. The number of hydrogen-bond donors (Lipinski definition) is 3. The number of Topliss-reactive ketones (excluding diaryl/α,β-unsaturated/α-hetero) is 1. The number of guanidine groups is 1. The van der Waals surface area contributed by atoms with E-state index in [1.165, 1.54) is 0 Å². The normalized spacial score (nSPS) is 13.9. The van der Waals surface area contributed by atoms with Gasteiger partial charge in [-0.05, 0) is 17.9 Å².